The van der Waals surface area contributed by atoms with Crippen LogP contribution in [0, 0.1) is 23.7 Å². The summed E-state index contributed by atoms with van der Waals surface area (Å²) in [5.74, 6) is 5.26. The van der Waals surface area contributed by atoms with Gasteiger partial charge in [-0.3, -0.25) is 14.2 Å². The van der Waals surface area contributed by atoms with Crippen molar-refractivity contribution in [2.75, 3.05) is 12.8 Å². The van der Waals surface area contributed by atoms with Crippen LogP contribution in [-0.4, -0.2) is 67.0 Å². The van der Waals surface area contributed by atoms with Crippen molar-refractivity contribution < 1.29 is 29.3 Å². The molecule has 1 amide bonds. The molecule has 35 heavy (non-hydrogen) atoms. The average Bonchev–Trinajstić information content (AvgIpc) is 3.39. The first-order valence-electron chi connectivity index (χ1n) is 11.6. The fourth-order valence-corrected chi connectivity index (χ4v) is 4.92. The average molecular weight is 487 g/mol. The molecule has 0 bridgehead atoms. The molecule has 4 rings (SSSR count). The molecule has 0 radical (unpaired) electrons. The highest BCUT2D eigenvalue weighted by atomic mass is 16.6. The molecule has 12 heteroatoms. The summed E-state index contributed by atoms with van der Waals surface area (Å²) < 4.78 is 11.8. The first-order chi connectivity index (χ1) is 16.7. The minimum Gasteiger partial charge on any atom is -0.469 e. The number of amides is 1. The van der Waals surface area contributed by atoms with Gasteiger partial charge in [-0.1, -0.05) is 12.8 Å². The minimum atomic E-state index is -2.11. The van der Waals surface area contributed by atoms with Gasteiger partial charge in [-0.05, 0) is 43.9 Å². The van der Waals surface area contributed by atoms with E-state index < -0.39 is 29.9 Å². The van der Waals surface area contributed by atoms with E-state index in [1.807, 2.05) is 0 Å². The quantitative estimate of drug-likeness (QED) is 0.325. The third-order valence-electron chi connectivity index (χ3n) is 6.94. The van der Waals surface area contributed by atoms with E-state index in [1.54, 1.807) is 6.92 Å². The molecule has 2 fully saturated rings. The standard InChI is InChI=1S/C23H30N6O6/c1-3-14-17(30)18(31)23(35-14,22(25)33)29-11-26-16-19(24)27-15(28-20(16)29)6-4-5-12-7-9-13(10-8-12)21(32)34-2/h11-14,17-18,30-31H,3,5,7-10H2,1-2H3,(H2,25,33)(H2,24,27,28). The number of hydrogen-bond acceptors (Lipinski definition) is 10. The number of carbonyl (C=O) groups is 2. The molecule has 4 unspecified atom stereocenters. The first kappa shape index (κ1) is 24.8. The third kappa shape index (κ3) is 4.31. The zero-order valence-corrected chi connectivity index (χ0v) is 19.7. The van der Waals surface area contributed by atoms with Gasteiger partial charge in [-0.25, -0.2) is 15.0 Å². The van der Waals surface area contributed by atoms with Crippen LogP contribution in [0.5, 0.6) is 0 Å². The van der Waals surface area contributed by atoms with Crippen molar-refractivity contribution in [3.8, 4) is 11.8 Å². The first-order valence-corrected chi connectivity index (χ1v) is 11.6. The van der Waals surface area contributed by atoms with Crippen LogP contribution in [0.1, 0.15) is 51.3 Å². The summed E-state index contributed by atoms with van der Waals surface area (Å²) in [5, 5.41) is 21.1. The molecule has 3 heterocycles. The van der Waals surface area contributed by atoms with Crippen molar-refractivity contribution in [3.63, 3.8) is 0 Å². The topological polar surface area (TPSA) is 189 Å². The number of fused-ring (bicyclic) bond motifs is 1. The van der Waals surface area contributed by atoms with Gasteiger partial charge in [0, 0.05) is 6.42 Å². The SMILES string of the molecule is CCC1OC(C(N)=O)(n2cnc3c(N)nc(C#CCC4CCC(C(=O)OC)CC4)nc32)C(O)C1O. The van der Waals surface area contributed by atoms with Crippen molar-refractivity contribution in [3.05, 3.63) is 12.2 Å². The summed E-state index contributed by atoms with van der Waals surface area (Å²) in [6.07, 6.45) is 1.67. The number of aromatic nitrogens is 4. The lowest BCUT2D eigenvalue weighted by Gasteiger charge is -2.30. The smallest absolute Gasteiger partial charge is 0.308 e. The molecule has 2 aromatic heterocycles. The van der Waals surface area contributed by atoms with Crippen molar-refractivity contribution in [2.45, 2.75) is 69.5 Å². The number of nitrogens with two attached hydrogens (primary N) is 2. The Balaban J connectivity index is 1.60. The van der Waals surface area contributed by atoms with Gasteiger partial charge < -0.3 is 31.2 Å². The van der Waals surface area contributed by atoms with Gasteiger partial charge in [0.15, 0.2) is 11.5 Å². The van der Waals surface area contributed by atoms with Crippen molar-refractivity contribution in [1.82, 2.24) is 19.5 Å². The van der Waals surface area contributed by atoms with Crippen LogP contribution < -0.4 is 11.5 Å². The Morgan fingerprint density at radius 3 is 2.60 bits per heavy atom. The second kappa shape index (κ2) is 9.77. The maximum Gasteiger partial charge on any atom is 0.308 e. The second-order valence-corrected chi connectivity index (χ2v) is 9.03. The lowest BCUT2D eigenvalue weighted by molar-refractivity contribution is -0.171. The Hall–Kier alpha value is -3.27. The molecule has 4 atom stereocenters. The number of rotatable bonds is 5. The number of primary amides is 1. The van der Waals surface area contributed by atoms with Crippen LogP contribution in [0.4, 0.5) is 5.82 Å². The zero-order chi connectivity index (χ0) is 25.3. The second-order valence-electron chi connectivity index (χ2n) is 9.03. The van der Waals surface area contributed by atoms with Gasteiger partial charge in [-0.15, -0.1) is 0 Å². The molecule has 188 valence electrons. The molecule has 2 aromatic rings. The van der Waals surface area contributed by atoms with Gasteiger partial charge in [0.1, 0.15) is 24.1 Å². The number of anilines is 1. The van der Waals surface area contributed by atoms with E-state index in [0.29, 0.717) is 18.8 Å². The Labute approximate surface area is 202 Å². The molecular weight excluding hydrogens is 456 g/mol. The maximum absolute atomic E-state index is 12.5. The molecule has 0 aromatic carbocycles. The number of hydrogen-bond donors (Lipinski definition) is 4. The normalized spacial score (nSPS) is 30.6. The minimum absolute atomic E-state index is 0.0383. The number of aliphatic hydroxyl groups is 2. The third-order valence-corrected chi connectivity index (χ3v) is 6.94. The lowest BCUT2D eigenvalue weighted by atomic mass is 9.81. The molecule has 2 aliphatic rings. The maximum atomic E-state index is 12.5. The summed E-state index contributed by atoms with van der Waals surface area (Å²) in [5.41, 5.74) is 9.88. The van der Waals surface area contributed by atoms with Gasteiger partial charge in [0.05, 0.1) is 19.1 Å². The number of aliphatic hydroxyl groups excluding tert-OH is 2. The molecule has 6 N–H and O–H groups in total. The van der Waals surface area contributed by atoms with Crippen LogP contribution in [0.3, 0.4) is 0 Å². The Morgan fingerprint density at radius 2 is 2.00 bits per heavy atom. The summed E-state index contributed by atoms with van der Waals surface area (Å²) >= 11 is 0. The van der Waals surface area contributed by atoms with Crippen molar-refractivity contribution in [1.29, 1.82) is 0 Å². The zero-order valence-electron chi connectivity index (χ0n) is 19.7. The van der Waals surface area contributed by atoms with E-state index in [1.165, 1.54) is 18.0 Å². The van der Waals surface area contributed by atoms with Crippen LogP contribution in [0.25, 0.3) is 11.2 Å². The van der Waals surface area contributed by atoms with E-state index in [0.717, 1.165) is 25.7 Å². The number of ether oxygens (including phenoxy) is 2. The number of nitrogens with zero attached hydrogens (tertiary/aromatic N) is 4. The Bertz CT molecular complexity index is 1180. The molecule has 12 nitrogen and oxygen atoms in total. The largest absolute Gasteiger partial charge is 0.469 e. The highest BCUT2D eigenvalue weighted by molar-refractivity contribution is 5.87. The van der Waals surface area contributed by atoms with Crippen LogP contribution >= 0.6 is 0 Å². The van der Waals surface area contributed by atoms with Gasteiger partial charge in [0.2, 0.25) is 5.82 Å². The molecular formula is C23H30N6O6. The van der Waals surface area contributed by atoms with Gasteiger partial charge >= 0.3 is 5.97 Å². The summed E-state index contributed by atoms with van der Waals surface area (Å²) in [4.78, 5) is 37.0. The highest BCUT2D eigenvalue weighted by Gasteiger charge is 2.60. The fraction of sp³-hybridized carbons (Fsp3) is 0.609. The highest BCUT2D eigenvalue weighted by Crippen LogP contribution is 2.39. The summed E-state index contributed by atoms with van der Waals surface area (Å²) in [6.45, 7) is 1.75. The molecule has 1 saturated carbocycles. The van der Waals surface area contributed by atoms with E-state index in [9.17, 15) is 19.8 Å². The molecule has 1 saturated heterocycles. The Morgan fingerprint density at radius 1 is 1.29 bits per heavy atom. The summed E-state index contributed by atoms with van der Waals surface area (Å²) in [7, 11) is 1.41. The number of methoxy groups -OCH3 is 1. The number of imidazole rings is 1. The van der Waals surface area contributed by atoms with E-state index in [4.69, 9.17) is 20.9 Å². The number of nitrogen functional groups attached to an aromatic ring is 1. The molecule has 1 aliphatic heterocycles. The van der Waals surface area contributed by atoms with Crippen LogP contribution in [0.15, 0.2) is 6.33 Å². The van der Waals surface area contributed by atoms with Crippen molar-refractivity contribution >= 4 is 28.9 Å². The van der Waals surface area contributed by atoms with E-state index in [-0.39, 0.29) is 34.7 Å². The lowest BCUT2D eigenvalue weighted by Crippen LogP contribution is -2.54. The predicted molar refractivity (Wildman–Crippen MR) is 123 cm³/mol. The Kier molecular flexibility index (Phi) is 6.93. The summed E-state index contributed by atoms with van der Waals surface area (Å²) in [6, 6.07) is 0. The predicted octanol–water partition coefficient (Wildman–Crippen LogP) is -0.202. The van der Waals surface area contributed by atoms with Crippen LogP contribution in [-0.2, 0) is 24.8 Å². The van der Waals surface area contributed by atoms with Crippen LogP contribution in [0.2, 0.25) is 0 Å². The monoisotopic (exact) mass is 486 g/mol. The van der Waals surface area contributed by atoms with Gasteiger partial charge in [-0.2, -0.15) is 0 Å². The van der Waals surface area contributed by atoms with Gasteiger partial charge in [0.25, 0.3) is 11.6 Å². The molecule has 1 aliphatic carbocycles. The number of carbonyl (C=O) groups excluding carboxylic acids is 2. The molecule has 0 spiro atoms. The fourth-order valence-electron chi connectivity index (χ4n) is 4.92. The van der Waals surface area contributed by atoms with E-state index in [2.05, 4.69) is 26.8 Å². The number of esters is 1. The van der Waals surface area contributed by atoms with Crippen molar-refractivity contribution in [2.24, 2.45) is 17.6 Å². The van der Waals surface area contributed by atoms with E-state index >= 15 is 0 Å².